The molecular formula is C23H20F3N7O2. The number of carbonyl (C=O) groups is 1. The quantitative estimate of drug-likeness (QED) is 0.440. The first-order valence-corrected chi connectivity index (χ1v) is 10.8. The lowest BCUT2D eigenvalue weighted by molar-refractivity contribution is -0.137. The first-order valence-electron chi connectivity index (χ1n) is 10.8. The predicted molar refractivity (Wildman–Crippen MR) is 122 cm³/mol. The molecule has 1 aromatic carbocycles. The number of hydrogen-bond acceptors (Lipinski definition) is 8. The van der Waals surface area contributed by atoms with Gasteiger partial charge >= 0.3 is 12.1 Å². The lowest BCUT2D eigenvalue weighted by atomic mass is 10.2. The minimum atomic E-state index is -4.41. The van der Waals surface area contributed by atoms with E-state index in [0.29, 0.717) is 54.4 Å². The zero-order valence-corrected chi connectivity index (χ0v) is 18.6. The summed E-state index contributed by atoms with van der Waals surface area (Å²) in [7, 11) is 1.30. The SMILES string of the molecule is COC(=O)c1cncc(N2CCN(c3ccc(-c4nc5ccc(C(F)(F)F)cc5[nH]4)cn3)CC2)n1. The van der Waals surface area contributed by atoms with Crippen molar-refractivity contribution in [2.75, 3.05) is 43.1 Å². The fourth-order valence-electron chi connectivity index (χ4n) is 3.91. The Morgan fingerprint density at radius 1 is 0.971 bits per heavy atom. The number of methoxy groups -OCH3 is 1. The molecular weight excluding hydrogens is 463 g/mol. The van der Waals surface area contributed by atoms with E-state index in [1.807, 2.05) is 17.0 Å². The molecule has 1 saturated heterocycles. The molecule has 4 heterocycles. The largest absolute Gasteiger partial charge is 0.464 e. The van der Waals surface area contributed by atoms with Gasteiger partial charge in [-0.05, 0) is 30.3 Å². The molecule has 0 bridgehead atoms. The monoisotopic (exact) mass is 483 g/mol. The number of benzene rings is 1. The molecule has 1 aliphatic heterocycles. The van der Waals surface area contributed by atoms with Crippen LogP contribution in [0.1, 0.15) is 16.1 Å². The van der Waals surface area contributed by atoms with Crippen LogP contribution < -0.4 is 9.80 Å². The highest BCUT2D eigenvalue weighted by atomic mass is 19.4. The zero-order chi connectivity index (χ0) is 24.6. The molecule has 3 aromatic heterocycles. The Kier molecular flexibility index (Phi) is 5.71. The van der Waals surface area contributed by atoms with Gasteiger partial charge in [0.2, 0.25) is 0 Å². The van der Waals surface area contributed by atoms with E-state index in [2.05, 4.69) is 29.8 Å². The second-order valence-electron chi connectivity index (χ2n) is 7.95. The van der Waals surface area contributed by atoms with E-state index in [9.17, 15) is 18.0 Å². The Morgan fingerprint density at radius 3 is 2.37 bits per heavy atom. The smallest absolute Gasteiger partial charge is 0.416 e. The van der Waals surface area contributed by atoms with E-state index in [-0.39, 0.29) is 5.69 Å². The van der Waals surface area contributed by atoms with Crippen LogP contribution in [0.5, 0.6) is 0 Å². The van der Waals surface area contributed by atoms with Gasteiger partial charge in [-0.3, -0.25) is 4.98 Å². The van der Waals surface area contributed by atoms with Crippen LogP contribution in [-0.4, -0.2) is 64.2 Å². The van der Waals surface area contributed by atoms with Gasteiger partial charge in [-0.2, -0.15) is 13.2 Å². The third kappa shape index (κ3) is 4.59. The van der Waals surface area contributed by atoms with Gasteiger partial charge in [0.25, 0.3) is 0 Å². The van der Waals surface area contributed by atoms with Gasteiger partial charge in [-0.1, -0.05) is 0 Å². The van der Waals surface area contributed by atoms with E-state index in [4.69, 9.17) is 4.74 Å². The van der Waals surface area contributed by atoms with Crippen LogP contribution in [0.25, 0.3) is 22.4 Å². The molecule has 0 saturated carbocycles. The van der Waals surface area contributed by atoms with Crippen molar-refractivity contribution in [2.45, 2.75) is 6.18 Å². The van der Waals surface area contributed by atoms with Crippen LogP contribution in [0.2, 0.25) is 0 Å². The van der Waals surface area contributed by atoms with Crippen molar-refractivity contribution < 1.29 is 22.7 Å². The average Bonchev–Trinajstić information content (AvgIpc) is 3.32. The second-order valence-corrected chi connectivity index (χ2v) is 7.95. The third-order valence-electron chi connectivity index (χ3n) is 5.77. The van der Waals surface area contributed by atoms with E-state index in [1.54, 1.807) is 12.4 Å². The maximum atomic E-state index is 13.0. The topological polar surface area (TPSA) is 100 Å². The highest BCUT2D eigenvalue weighted by Gasteiger charge is 2.30. The lowest BCUT2D eigenvalue weighted by Crippen LogP contribution is -2.47. The number of rotatable bonds is 4. The van der Waals surface area contributed by atoms with Crippen LogP contribution in [0.3, 0.4) is 0 Å². The van der Waals surface area contributed by atoms with Crippen molar-refractivity contribution in [1.29, 1.82) is 0 Å². The summed E-state index contributed by atoms with van der Waals surface area (Å²) >= 11 is 0. The summed E-state index contributed by atoms with van der Waals surface area (Å²) in [6.45, 7) is 2.68. The standard InChI is InChI=1S/C23H20F3N7O2/c1-35-22(34)18-12-27-13-20(29-18)33-8-6-32(7-9-33)19-5-2-14(11-28-19)21-30-16-4-3-15(23(24,25)26)10-17(16)31-21/h2-5,10-13H,6-9H2,1H3,(H,30,31). The molecule has 0 spiro atoms. The number of ether oxygens (including phenoxy) is 1. The number of piperazine rings is 1. The zero-order valence-electron chi connectivity index (χ0n) is 18.6. The molecule has 4 aromatic rings. The molecule has 12 heteroatoms. The molecule has 5 rings (SSSR count). The minimum Gasteiger partial charge on any atom is -0.464 e. The fourth-order valence-corrected chi connectivity index (χ4v) is 3.91. The second kappa shape index (κ2) is 8.85. The molecule has 180 valence electrons. The van der Waals surface area contributed by atoms with Crippen molar-refractivity contribution in [3.05, 3.63) is 60.2 Å². The summed E-state index contributed by atoms with van der Waals surface area (Å²) in [5.74, 6) is 1.30. The molecule has 1 N–H and O–H groups in total. The van der Waals surface area contributed by atoms with Gasteiger partial charge in [0, 0.05) is 37.9 Å². The highest BCUT2D eigenvalue weighted by Crippen LogP contribution is 2.32. The first-order chi connectivity index (χ1) is 16.8. The molecule has 35 heavy (non-hydrogen) atoms. The summed E-state index contributed by atoms with van der Waals surface area (Å²) in [5, 5.41) is 0. The maximum absolute atomic E-state index is 13.0. The number of anilines is 2. The Morgan fingerprint density at radius 2 is 1.71 bits per heavy atom. The van der Waals surface area contributed by atoms with E-state index in [1.165, 1.54) is 19.4 Å². The lowest BCUT2D eigenvalue weighted by Gasteiger charge is -2.36. The molecule has 0 unspecified atom stereocenters. The number of aromatic nitrogens is 5. The van der Waals surface area contributed by atoms with Crippen LogP contribution in [0.15, 0.2) is 48.9 Å². The number of H-pyrrole nitrogens is 1. The van der Waals surface area contributed by atoms with Gasteiger partial charge < -0.3 is 19.5 Å². The Hall–Kier alpha value is -4.22. The number of halogens is 3. The van der Waals surface area contributed by atoms with E-state index in [0.717, 1.165) is 18.0 Å². The minimum absolute atomic E-state index is 0.157. The average molecular weight is 483 g/mol. The Labute approximate surface area is 197 Å². The number of aromatic amines is 1. The van der Waals surface area contributed by atoms with Crippen molar-refractivity contribution in [3.8, 4) is 11.4 Å². The third-order valence-corrected chi connectivity index (χ3v) is 5.77. The number of pyridine rings is 1. The van der Waals surface area contributed by atoms with Crippen LogP contribution >= 0.6 is 0 Å². The molecule has 1 aliphatic rings. The Bertz CT molecular complexity index is 1360. The molecule has 0 atom stereocenters. The van der Waals surface area contributed by atoms with E-state index < -0.39 is 17.7 Å². The number of fused-ring (bicyclic) bond motifs is 1. The number of esters is 1. The summed E-state index contributed by atoms with van der Waals surface area (Å²) in [4.78, 5) is 36.1. The molecule has 0 amide bonds. The van der Waals surface area contributed by atoms with Gasteiger partial charge in [0.1, 0.15) is 17.5 Å². The van der Waals surface area contributed by atoms with Crippen molar-refractivity contribution in [2.24, 2.45) is 0 Å². The van der Waals surface area contributed by atoms with Crippen molar-refractivity contribution in [1.82, 2.24) is 24.9 Å². The highest BCUT2D eigenvalue weighted by molar-refractivity contribution is 5.87. The van der Waals surface area contributed by atoms with Gasteiger partial charge in [0.15, 0.2) is 5.69 Å². The van der Waals surface area contributed by atoms with Crippen LogP contribution in [0.4, 0.5) is 24.8 Å². The predicted octanol–water partition coefficient (Wildman–Crippen LogP) is 3.55. The summed E-state index contributed by atoms with van der Waals surface area (Å²) < 4.78 is 43.6. The van der Waals surface area contributed by atoms with Gasteiger partial charge in [-0.15, -0.1) is 0 Å². The number of nitrogens with one attached hydrogen (secondary N) is 1. The first kappa shape index (κ1) is 22.6. The molecule has 0 aliphatic carbocycles. The number of imidazole rings is 1. The number of carbonyl (C=O) groups excluding carboxylic acids is 1. The normalized spacial score (nSPS) is 14.4. The van der Waals surface area contributed by atoms with Crippen molar-refractivity contribution >= 4 is 28.6 Å². The van der Waals surface area contributed by atoms with Gasteiger partial charge in [0.05, 0.1) is 36.1 Å². The van der Waals surface area contributed by atoms with Crippen LogP contribution in [-0.2, 0) is 10.9 Å². The number of nitrogens with zero attached hydrogens (tertiary/aromatic N) is 6. The molecule has 1 fully saturated rings. The van der Waals surface area contributed by atoms with E-state index >= 15 is 0 Å². The molecule has 0 radical (unpaired) electrons. The Balaban J connectivity index is 1.27. The summed E-state index contributed by atoms with van der Waals surface area (Å²) in [6, 6.07) is 7.12. The van der Waals surface area contributed by atoms with Crippen molar-refractivity contribution in [3.63, 3.8) is 0 Å². The maximum Gasteiger partial charge on any atom is 0.416 e. The fraction of sp³-hybridized carbons (Fsp3) is 0.261. The summed E-state index contributed by atoms with van der Waals surface area (Å²) in [5.41, 5.74) is 0.870. The molecule has 9 nitrogen and oxygen atoms in total. The number of hydrogen-bond donors (Lipinski definition) is 1. The summed E-state index contributed by atoms with van der Waals surface area (Å²) in [6.07, 6.45) is 0.216. The van der Waals surface area contributed by atoms with Gasteiger partial charge in [-0.25, -0.2) is 19.7 Å². The number of alkyl halides is 3. The van der Waals surface area contributed by atoms with Crippen LogP contribution in [0, 0.1) is 0 Å².